The van der Waals surface area contributed by atoms with E-state index in [1.807, 2.05) is 6.07 Å². The largest absolute Gasteiger partial charge is 0.456 e. The highest BCUT2D eigenvalue weighted by molar-refractivity contribution is 6.10. The molecule has 42 heavy (non-hydrogen) atoms. The van der Waals surface area contributed by atoms with Crippen LogP contribution in [-0.2, 0) is 0 Å². The Morgan fingerprint density at radius 3 is 2.50 bits per heavy atom. The molecule has 0 amide bonds. The molecule has 3 heteroatoms. The van der Waals surface area contributed by atoms with Crippen LogP contribution in [0.5, 0.6) is 0 Å². The fraction of sp³-hybridized carbons (Fsp3) is 0.154. The first-order chi connectivity index (χ1) is 20.7. The molecule has 6 aromatic rings. The van der Waals surface area contributed by atoms with Crippen molar-refractivity contribution in [3.05, 3.63) is 136 Å². The van der Waals surface area contributed by atoms with Crippen LogP contribution in [-0.4, -0.2) is 12.3 Å². The van der Waals surface area contributed by atoms with Gasteiger partial charge in [-0.25, -0.2) is 0 Å². The first-order valence-electron chi connectivity index (χ1n) is 14.9. The van der Waals surface area contributed by atoms with E-state index in [4.69, 9.17) is 13.8 Å². The summed E-state index contributed by atoms with van der Waals surface area (Å²) in [5.74, 6) is 0. The molecule has 2 heterocycles. The molecule has 8 rings (SSSR count). The molecule has 204 valence electrons. The Hall–Kier alpha value is -4.89. The monoisotopic (exact) mass is 545 g/mol. The molecular weight excluding hydrogens is 514 g/mol. The Kier molecular flexibility index (Phi) is 6.03. The third-order valence-electron chi connectivity index (χ3n) is 8.72. The smallest absolute Gasteiger partial charge is 0.143 e. The predicted molar refractivity (Wildman–Crippen MR) is 174 cm³/mol. The van der Waals surface area contributed by atoms with Gasteiger partial charge in [-0.2, -0.15) is 0 Å². The summed E-state index contributed by atoms with van der Waals surface area (Å²) in [6.07, 6.45) is 11.0. The average Bonchev–Trinajstić information content (AvgIpc) is 3.62. The van der Waals surface area contributed by atoms with Gasteiger partial charge in [0.25, 0.3) is 0 Å². The molecule has 0 N–H and O–H groups in total. The summed E-state index contributed by atoms with van der Waals surface area (Å²) < 4.78 is 13.0. The quantitative estimate of drug-likeness (QED) is 0.203. The SMILES string of the molecule is CC(=NCC1=CCCC(c2ccccc2)=C1)c1ccc2c(c1)oc1c(C3=c4oc5ccccc5c4=CCC3)cccc12. The Labute approximate surface area is 244 Å². The minimum Gasteiger partial charge on any atom is -0.456 e. The van der Waals surface area contributed by atoms with Crippen molar-refractivity contribution in [1.29, 1.82) is 0 Å². The minimum absolute atomic E-state index is 0.680. The van der Waals surface area contributed by atoms with E-state index in [-0.39, 0.29) is 0 Å². The summed E-state index contributed by atoms with van der Waals surface area (Å²) in [5.41, 5.74) is 12.1. The number of fused-ring (bicyclic) bond motifs is 6. The first-order valence-corrected chi connectivity index (χ1v) is 14.9. The van der Waals surface area contributed by atoms with Crippen LogP contribution in [0.2, 0.25) is 0 Å². The van der Waals surface area contributed by atoms with Crippen molar-refractivity contribution in [3.63, 3.8) is 0 Å². The maximum absolute atomic E-state index is 6.63. The maximum atomic E-state index is 6.63. The van der Waals surface area contributed by atoms with Crippen LogP contribution < -0.4 is 10.6 Å². The average molecular weight is 546 g/mol. The van der Waals surface area contributed by atoms with Crippen molar-refractivity contribution >= 4 is 55.8 Å². The Morgan fingerprint density at radius 1 is 0.738 bits per heavy atom. The number of hydrogen-bond donors (Lipinski definition) is 0. The molecule has 0 fully saturated rings. The van der Waals surface area contributed by atoms with E-state index in [2.05, 4.69) is 110 Å². The van der Waals surface area contributed by atoms with E-state index in [1.54, 1.807) is 0 Å². The Bertz CT molecular complexity index is 2220. The van der Waals surface area contributed by atoms with E-state index in [1.165, 1.54) is 32.9 Å². The molecule has 2 aliphatic carbocycles. The lowest BCUT2D eigenvalue weighted by atomic mass is 9.94. The molecule has 0 bridgehead atoms. The minimum atomic E-state index is 0.680. The maximum Gasteiger partial charge on any atom is 0.143 e. The van der Waals surface area contributed by atoms with Crippen LogP contribution in [0.3, 0.4) is 0 Å². The van der Waals surface area contributed by atoms with Gasteiger partial charge in [0.1, 0.15) is 22.2 Å². The highest BCUT2D eigenvalue weighted by Gasteiger charge is 2.19. The van der Waals surface area contributed by atoms with E-state index >= 15 is 0 Å². The summed E-state index contributed by atoms with van der Waals surface area (Å²) in [6, 6.07) is 31.9. The molecule has 0 radical (unpaired) electrons. The van der Waals surface area contributed by atoms with Crippen molar-refractivity contribution in [1.82, 2.24) is 0 Å². The van der Waals surface area contributed by atoms with Gasteiger partial charge in [0.2, 0.25) is 0 Å². The summed E-state index contributed by atoms with van der Waals surface area (Å²) in [6.45, 7) is 2.78. The number of hydrogen-bond acceptors (Lipinski definition) is 3. The van der Waals surface area contributed by atoms with Crippen LogP contribution >= 0.6 is 0 Å². The van der Waals surface area contributed by atoms with E-state index < -0.39 is 0 Å². The number of allylic oxidation sites excluding steroid dienone is 2. The standard InChI is InChI=1S/C39H31NO2/c1-25(40-24-26-10-7-13-29(22-26)27-11-3-2-4-12-27)28-20-21-31-33-16-9-18-35(39(33)42-37(31)23-28)34-17-8-15-32-30-14-5-6-19-36(30)41-38(32)34/h2-6,9-12,14-16,18-23H,7-8,13,17,24H2,1H3. The van der Waals surface area contributed by atoms with Gasteiger partial charge >= 0.3 is 0 Å². The molecule has 0 spiro atoms. The number of aliphatic imine (C=N–C) groups is 1. The second kappa shape index (κ2) is 10.2. The number of furan rings is 2. The number of rotatable bonds is 5. The third-order valence-corrected chi connectivity index (χ3v) is 8.72. The van der Waals surface area contributed by atoms with Crippen molar-refractivity contribution in [3.8, 4) is 0 Å². The van der Waals surface area contributed by atoms with Crippen LogP contribution in [0, 0.1) is 0 Å². The number of para-hydroxylation sites is 2. The van der Waals surface area contributed by atoms with Crippen LogP contribution in [0.4, 0.5) is 0 Å². The van der Waals surface area contributed by atoms with Crippen molar-refractivity contribution < 1.29 is 8.83 Å². The zero-order valence-corrected chi connectivity index (χ0v) is 23.7. The highest BCUT2D eigenvalue weighted by atomic mass is 16.3. The molecule has 2 aromatic heterocycles. The van der Waals surface area contributed by atoms with Crippen molar-refractivity contribution in [2.45, 2.75) is 32.6 Å². The molecule has 0 unspecified atom stereocenters. The van der Waals surface area contributed by atoms with Gasteiger partial charge < -0.3 is 8.83 Å². The molecule has 0 saturated heterocycles. The van der Waals surface area contributed by atoms with E-state index in [9.17, 15) is 0 Å². The van der Waals surface area contributed by atoms with E-state index in [0.29, 0.717) is 6.54 Å². The van der Waals surface area contributed by atoms with Gasteiger partial charge in [0.15, 0.2) is 0 Å². The van der Waals surface area contributed by atoms with Gasteiger partial charge in [-0.05, 0) is 73.1 Å². The lowest BCUT2D eigenvalue weighted by molar-refractivity contribution is 0.568. The zero-order chi connectivity index (χ0) is 28.0. The van der Waals surface area contributed by atoms with Crippen molar-refractivity contribution in [2.75, 3.05) is 6.54 Å². The summed E-state index contributed by atoms with van der Waals surface area (Å²) >= 11 is 0. The first kappa shape index (κ1) is 24.9. The zero-order valence-electron chi connectivity index (χ0n) is 23.7. The third kappa shape index (κ3) is 4.24. The molecular formula is C39H31NO2. The summed E-state index contributed by atoms with van der Waals surface area (Å²) in [4.78, 5) is 4.99. The summed E-state index contributed by atoms with van der Waals surface area (Å²) in [7, 11) is 0. The molecule has 0 atom stereocenters. The van der Waals surface area contributed by atoms with Crippen LogP contribution in [0.1, 0.15) is 49.3 Å². The topological polar surface area (TPSA) is 38.6 Å². The van der Waals surface area contributed by atoms with Crippen molar-refractivity contribution in [2.24, 2.45) is 4.99 Å². The highest BCUT2D eigenvalue weighted by Crippen LogP contribution is 2.35. The second-order valence-corrected chi connectivity index (χ2v) is 11.3. The van der Waals surface area contributed by atoms with Gasteiger partial charge in [-0.15, -0.1) is 0 Å². The number of benzene rings is 4. The molecule has 0 saturated carbocycles. The fourth-order valence-electron chi connectivity index (χ4n) is 6.54. The molecule has 2 aliphatic rings. The van der Waals surface area contributed by atoms with Gasteiger partial charge in [0, 0.05) is 38.2 Å². The molecule has 0 aliphatic heterocycles. The number of nitrogens with zero attached hydrogens (tertiary/aromatic N) is 1. The normalized spacial score (nSPS) is 15.5. The lowest BCUT2D eigenvalue weighted by Crippen LogP contribution is -2.26. The lowest BCUT2D eigenvalue weighted by Gasteiger charge is -2.13. The second-order valence-electron chi connectivity index (χ2n) is 11.3. The Morgan fingerprint density at radius 2 is 1.57 bits per heavy atom. The van der Waals surface area contributed by atoms with Crippen LogP contribution in [0.15, 0.2) is 123 Å². The molecule has 3 nitrogen and oxygen atoms in total. The molecule has 4 aromatic carbocycles. The predicted octanol–water partition coefficient (Wildman–Crippen LogP) is 8.72. The Balaban J connectivity index is 1.15. The fourth-order valence-corrected chi connectivity index (χ4v) is 6.54. The van der Waals surface area contributed by atoms with Gasteiger partial charge in [-0.3, -0.25) is 4.99 Å². The van der Waals surface area contributed by atoms with Gasteiger partial charge in [0.05, 0.1) is 6.54 Å². The van der Waals surface area contributed by atoms with Crippen LogP contribution in [0.25, 0.3) is 50.1 Å². The summed E-state index contributed by atoms with van der Waals surface area (Å²) in [5, 5.41) is 4.64. The van der Waals surface area contributed by atoms with E-state index in [0.717, 1.165) is 75.5 Å². The van der Waals surface area contributed by atoms with Gasteiger partial charge in [-0.1, -0.05) is 91.0 Å².